The van der Waals surface area contributed by atoms with Crippen molar-refractivity contribution in [1.82, 2.24) is 0 Å². The minimum absolute atomic E-state index is 0.160. The average molecular weight is 317 g/mol. The van der Waals surface area contributed by atoms with Crippen LogP contribution in [0.5, 0.6) is 0 Å². The minimum atomic E-state index is -1.22. The van der Waals surface area contributed by atoms with Gasteiger partial charge in [-0.25, -0.2) is 4.39 Å². The van der Waals surface area contributed by atoms with Gasteiger partial charge in [0.2, 0.25) is 5.82 Å². The number of nitrogens with zero attached hydrogens (tertiary/aromatic N) is 1. The van der Waals surface area contributed by atoms with Crippen LogP contribution in [-0.4, -0.2) is 4.92 Å². The molecule has 0 saturated heterocycles. The Morgan fingerprint density at radius 1 is 1.31 bits per heavy atom. The smallest absolute Gasteiger partial charge is 0.258 e. The van der Waals surface area contributed by atoms with Crippen molar-refractivity contribution in [2.45, 2.75) is 0 Å². The van der Waals surface area contributed by atoms with Gasteiger partial charge < -0.3 is 0 Å². The summed E-state index contributed by atoms with van der Waals surface area (Å²) in [5.74, 6) is -2.12. The van der Waals surface area contributed by atoms with Crippen LogP contribution in [-0.2, 0) is 0 Å². The van der Waals surface area contributed by atoms with Crippen molar-refractivity contribution in [1.29, 1.82) is 0 Å². The topological polar surface area (TPSA) is 43.1 Å². The molecule has 0 aliphatic carbocycles. The number of benzene rings is 1. The number of rotatable bonds is 1. The molecule has 0 aliphatic rings. The van der Waals surface area contributed by atoms with Crippen LogP contribution in [0, 0.1) is 21.7 Å². The summed E-state index contributed by atoms with van der Waals surface area (Å²) in [6.45, 7) is 0. The van der Waals surface area contributed by atoms with Crippen LogP contribution in [0.2, 0.25) is 0 Å². The molecule has 13 heavy (non-hydrogen) atoms. The van der Waals surface area contributed by atoms with Crippen molar-refractivity contribution in [3.63, 3.8) is 0 Å². The second-order valence-electron chi connectivity index (χ2n) is 2.08. The van der Waals surface area contributed by atoms with Crippen LogP contribution in [0.25, 0.3) is 0 Å². The fraction of sp³-hybridized carbons (Fsp3) is 0. The second-order valence-corrected chi connectivity index (χ2v) is 3.72. The van der Waals surface area contributed by atoms with E-state index in [0.717, 1.165) is 6.07 Å². The molecule has 0 aromatic heterocycles. The summed E-state index contributed by atoms with van der Waals surface area (Å²) in [6, 6.07) is 0.773. The van der Waals surface area contributed by atoms with E-state index in [4.69, 9.17) is 0 Å². The van der Waals surface area contributed by atoms with E-state index in [1.165, 1.54) is 0 Å². The maximum absolute atomic E-state index is 12.9. The zero-order chi connectivity index (χ0) is 10.2. The third kappa shape index (κ3) is 1.86. The molecule has 7 heteroatoms. The van der Waals surface area contributed by atoms with E-state index >= 15 is 0 Å². The lowest BCUT2D eigenvalue weighted by molar-refractivity contribution is -0.387. The van der Waals surface area contributed by atoms with Gasteiger partial charge in [0.05, 0.1) is 13.9 Å². The van der Waals surface area contributed by atoms with E-state index in [-0.39, 0.29) is 4.47 Å². The van der Waals surface area contributed by atoms with Gasteiger partial charge in [-0.15, -0.1) is 0 Å². The van der Waals surface area contributed by atoms with Gasteiger partial charge in [-0.05, 0) is 31.9 Å². The van der Waals surface area contributed by atoms with E-state index in [1.54, 1.807) is 0 Å². The maximum Gasteiger partial charge on any atom is 0.307 e. The Morgan fingerprint density at radius 2 is 1.85 bits per heavy atom. The monoisotopic (exact) mass is 315 g/mol. The highest BCUT2D eigenvalue weighted by molar-refractivity contribution is 9.11. The molecule has 1 aromatic rings. The zero-order valence-corrected chi connectivity index (χ0v) is 9.02. The van der Waals surface area contributed by atoms with Gasteiger partial charge in [0, 0.05) is 6.07 Å². The number of halogens is 4. The van der Waals surface area contributed by atoms with Crippen molar-refractivity contribution >= 4 is 37.5 Å². The van der Waals surface area contributed by atoms with E-state index in [2.05, 4.69) is 31.9 Å². The quantitative estimate of drug-likeness (QED) is 0.345. The van der Waals surface area contributed by atoms with Gasteiger partial charge in [0.15, 0.2) is 5.82 Å². The molecule has 0 N–H and O–H groups in total. The summed E-state index contributed by atoms with van der Waals surface area (Å²) in [5, 5.41) is 10.2. The Balaban J connectivity index is 3.50. The van der Waals surface area contributed by atoms with E-state index < -0.39 is 26.7 Å². The summed E-state index contributed by atoms with van der Waals surface area (Å²) >= 11 is 5.29. The van der Waals surface area contributed by atoms with E-state index in [0.29, 0.717) is 0 Å². The highest BCUT2D eigenvalue weighted by Crippen LogP contribution is 2.32. The Morgan fingerprint density at radius 3 is 2.31 bits per heavy atom. The standard InChI is InChI=1S/C6HBr2F2NO2/c7-2-1-3(11(12)13)6(10)4(8)5(2)9/h1H. The van der Waals surface area contributed by atoms with Crippen LogP contribution in [0.15, 0.2) is 15.0 Å². The molecule has 1 aromatic carbocycles. The first-order valence-corrected chi connectivity index (χ1v) is 4.51. The first kappa shape index (κ1) is 10.5. The Bertz CT molecular complexity index is 383. The Hall–Kier alpha value is -0.560. The summed E-state index contributed by atoms with van der Waals surface area (Å²) in [6.07, 6.45) is 0. The van der Waals surface area contributed by atoms with Gasteiger partial charge in [-0.2, -0.15) is 4.39 Å². The summed E-state index contributed by atoms with van der Waals surface area (Å²) in [5.41, 5.74) is -0.778. The number of hydrogen-bond donors (Lipinski definition) is 0. The van der Waals surface area contributed by atoms with Crippen molar-refractivity contribution in [2.24, 2.45) is 0 Å². The normalized spacial score (nSPS) is 10.2. The lowest BCUT2D eigenvalue weighted by Crippen LogP contribution is -1.96. The molecule has 0 atom stereocenters. The lowest BCUT2D eigenvalue weighted by atomic mass is 10.3. The first-order valence-electron chi connectivity index (χ1n) is 2.92. The fourth-order valence-corrected chi connectivity index (χ4v) is 1.79. The Labute approximate surface area is 88.2 Å². The molecule has 0 heterocycles. The molecule has 0 fully saturated rings. The summed E-state index contributed by atoms with van der Waals surface area (Å²) < 4.78 is 25.1. The minimum Gasteiger partial charge on any atom is -0.258 e. The molecule has 0 saturated carbocycles. The second kappa shape index (κ2) is 3.67. The van der Waals surface area contributed by atoms with Crippen molar-refractivity contribution in [3.8, 4) is 0 Å². The predicted molar refractivity (Wildman–Crippen MR) is 48.4 cm³/mol. The van der Waals surface area contributed by atoms with Crippen LogP contribution < -0.4 is 0 Å². The number of hydrogen-bond acceptors (Lipinski definition) is 2. The lowest BCUT2D eigenvalue weighted by Gasteiger charge is -2.00. The largest absolute Gasteiger partial charge is 0.307 e. The molecule has 0 amide bonds. The van der Waals surface area contributed by atoms with Crippen LogP contribution >= 0.6 is 31.9 Å². The SMILES string of the molecule is O=[N+]([O-])c1cc(Br)c(F)c(Br)c1F. The van der Waals surface area contributed by atoms with Crippen LogP contribution in [0.3, 0.4) is 0 Å². The molecule has 70 valence electrons. The highest BCUT2D eigenvalue weighted by Gasteiger charge is 2.22. The molecule has 0 bridgehead atoms. The molecule has 1 rings (SSSR count). The number of nitro benzene ring substituents is 1. The zero-order valence-electron chi connectivity index (χ0n) is 5.85. The molecule has 0 unspecified atom stereocenters. The van der Waals surface area contributed by atoms with Gasteiger partial charge >= 0.3 is 5.69 Å². The van der Waals surface area contributed by atoms with Crippen molar-refractivity contribution in [2.75, 3.05) is 0 Å². The van der Waals surface area contributed by atoms with Crippen LogP contribution in [0.1, 0.15) is 0 Å². The van der Waals surface area contributed by atoms with Gasteiger partial charge in [0.25, 0.3) is 0 Å². The van der Waals surface area contributed by atoms with Crippen molar-refractivity contribution in [3.05, 3.63) is 36.8 Å². The average Bonchev–Trinajstić information content (AvgIpc) is 2.07. The van der Waals surface area contributed by atoms with E-state index in [9.17, 15) is 18.9 Å². The third-order valence-corrected chi connectivity index (χ3v) is 2.55. The predicted octanol–water partition coefficient (Wildman–Crippen LogP) is 3.40. The molecular formula is C6HBr2F2NO2. The van der Waals surface area contributed by atoms with Gasteiger partial charge in [0.1, 0.15) is 0 Å². The highest BCUT2D eigenvalue weighted by atomic mass is 79.9. The maximum atomic E-state index is 12.9. The van der Waals surface area contributed by atoms with Gasteiger partial charge in [-0.3, -0.25) is 10.1 Å². The van der Waals surface area contributed by atoms with Crippen molar-refractivity contribution < 1.29 is 13.7 Å². The summed E-state index contributed by atoms with van der Waals surface area (Å²) in [4.78, 5) is 9.31. The third-order valence-electron chi connectivity index (χ3n) is 1.28. The molecule has 0 aliphatic heterocycles. The summed E-state index contributed by atoms with van der Waals surface area (Å²) in [7, 11) is 0. The fourth-order valence-electron chi connectivity index (χ4n) is 0.693. The molecule has 0 spiro atoms. The van der Waals surface area contributed by atoms with Crippen LogP contribution in [0.4, 0.5) is 14.5 Å². The first-order chi connectivity index (χ1) is 5.95. The number of nitro groups is 1. The molecular weight excluding hydrogens is 316 g/mol. The molecule has 3 nitrogen and oxygen atoms in total. The Kier molecular flexibility index (Phi) is 2.97. The van der Waals surface area contributed by atoms with E-state index in [1.807, 2.05) is 0 Å². The molecule has 0 radical (unpaired) electrons. The van der Waals surface area contributed by atoms with Gasteiger partial charge in [-0.1, -0.05) is 0 Å².